The number of thioether (sulfide) groups is 1. The number of nitrogens with zero attached hydrogens (tertiary/aromatic N) is 2. The molecule has 32 heavy (non-hydrogen) atoms. The second kappa shape index (κ2) is 9.44. The molecule has 0 radical (unpaired) electrons. The third-order valence-corrected chi connectivity index (χ3v) is 8.00. The molecule has 1 unspecified atom stereocenters. The molecule has 0 aliphatic carbocycles. The predicted octanol–water partition coefficient (Wildman–Crippen LogP) is 6.11. The molecule has 4 aromatic rings. The summed E-state index contributed by atoms with van der Waals surface area (Å²) < 4.78 is 1.60. The average Bonchev–Trinajstić information content (AvgIpc) is 3.43. The number of thiophene rings is 2. The fourth-order valence-electron chi connectivity index (χ4n) is 3.45. The van der Waals surface area contributed by atoms with Gasteiger partial charge < -0.3 is 5.32 Å². The molecule has 0 fully saturated rings. The molecule has 0 spiro atoms. The smallest absolute Gasteiger partial charge is 0.263 e. The maximum absolute atomic E-state index is 13.4. The molecule has 5 nitrogen and oxygen atoms in total. The zero-order valence-electron chi connectivity index (χ0n) is 18.0. The van der Waals surface area contributed by atoms with Gasteiger partial charge >= 0.3 is 0 Å². The topological polar surface area (TPSA) is 64.0 Å². The number of aryl methyl sites for hydroxylation is 2. The molecule has 0 aliphatic rings. The van der Waals surface area contributed by atoms with Crippen molar-refractivity contribution in [3.63, 3.8) is 0 Å². The summed E-state index contributed by atoms with van der Waals surface area (Å²) in [5.74, 6) is -0.127. The van der Waals surface area contributed by atoms with Crippen LogP contribution in [0.15, 0.2) is 63.7 Å². The first-order chi connectivity index (χ1) is 15.4. The van der Waals surface area contributed by atoms with Gasteiger partial charge in [0.05, 0.1) is 10.6 Å². The monoisotopic (exact) mass is 481 g/mol. The van der Waals surface area contributed by atoms with E-state index < -0.39 is 5.25 Å². The van der Waals surface area contributed by atoms with E-state index in [1.165, 1.54) is 23.1 Å². The Labute approximate surface area is 198 Å². The molecule has 3 heterocycles. The van der Waals surface area contributed by atoms with Crippen molar-refractivity contribution in [2.75, 3.05) is 5.32 Å². The van der Waals surface area contributed by atoms with Gasteiger partial charge in [-0.15, -0.1) is 29.3 Å². The Kier molecular flexibility index (Phi) is 6.64. The number of hydrogen-bond donors (Lipinski definition) is 1. The first-order valence-electron chi connectivity index (χ1n) is 10.1. The maximum atomic E-state index is 13.4. The van der Waals surface area contributed by atoms with Gasteiger partial charge in [-0.05, 0) is 43.3 Å². The number of hydrogen-bond acceptors (Lipinski definition) is 6. The van der Waals surface area contributed by atoms with Crippen molar-refractivity contribution >= 4 is 56.2 Å². The summed E-state index contributed by atoms with van der Waals surface area (Å²) in [5, 5.41) is 7.71. The minimum atomic E-state index is -0.439. The number of benzene rings is 1. The Morgan fingerprint density at radius 2 is 2.00 bits per heavy atom. The van der Waals surface area contributed by atoms with Crippen molar-refractivity contribution in [3.05, 3.63) is 75.2 Å². The van der Waals surface area contributed by atoms with Gasteiger partial charge in [-0.2, -0.15) is 0 Å². The fourth-order valence-corrected chi connectivity index (χ4v) is 6.17. The van der Waals surface area contributed by atoms with Crippen molar-refractivity contribution in [3.8, 4) is 10.4 Å². The number of fused-ring (bicyclic) bond motifs is 1. The van der Waals surface area contributed by atoms with E-state index in [-0.39, 0.29) is 11.5 Å². The Bertz CT molecular complexity index is 1330. The Hall–Kier alpha value is -2.68. The summed E-state index contributed by atoms with van der Waals surface area (Å²) >= 11 is 4.34. The van der Waals surface area contributed by atoms with Gasteiger partial charge in [0.25, 0.3) is 5.56 Å². The summed E-state index contributed by atoms with van der Waals surface area (Å²) in [6.07, 6.45) is 1.68. The van der Waals surface area contributed by atoms with Crippen LogP contribution in [-0.4, -0.2) is 20.7 Å². The lowest BCUT2D eigenvalue weighted by molar-refractivity contribution is -0.115. The summed E-state index contributed by atoms with van der Waals surface area (Å²) in [7, 11) is 0. The Morgan fingerprint density at radius 3 is 2.66 bits per heavy atom. The third-order valence-electron chi connectivity index (χ3n) is 5.14. The minimum absolute atomic E-state index is 0.107. The zero-order valence-corrected chi connectivity index (χ0v) is 20.5. The second-order valence-corrected chi connectivity index (χ2v) is 10.5. The highest BCUT2D eigenvalue weighted by atomic mass is 32.2. The van der Waals surface area contributed by atoms with E-state index in [1.54, 1.807) is 22.0 Å². The van der Waals surface area contributed by atoms with E-state index in [9.17, 15) is 9.59 Å². The number of anilines is 1. The quantitative estimate of drug-likeness (QED) is 0.197. The lowest BCUT2D eigenvalue weighted by atomic mass is 10.1. The number of para-hydroxylation sites is 1. The second-order valence-electron chi connectivity index (χ2n) is 7.42. The van der Waals surface area contributed by atoms with Gasteiger partial charge in [-0.3, -0.25) is 14.2 Å². The van der Waals surface area contributed by atoms with Crippen LogP contribution in [0.3, 0.4) is 0 Å². The molecule has 4 rings (SSSR count). The minimum Gasteiger partial charge on any atom is -0.325 e. The molecular weight excluding hydrogens is 458 g/mol. The number of allylic oxidation sites excluding steroid dienone is 1. The van der Waals surface area contributed by atoms with Crippen LogP contribution in [0.5, 0.6) is 0 Å². The molecule has 0 saturated carbocycles. The van der Waals surface area contributed by atoms with Crippen LogP contribution in [-0.2, 0) is 11.3 Å². The number of carbonyl (C=O) groups excluding carboxylic acids is 1. The molecule has 0 bridgehead atoms. The number of carbonyl (C=O) groups is 1. The van der Waals surface area contributed by atoms with E-state index in [1.807, 2.05) is 61.9 Å². The van der Waals surface area contributed by atoms with Gasteiger partial charge in [0.2, 0.25) is 5.91 Å². The molecule has 3 aromatic heterocycles. The van der Waals surface area contributed by atoms with E-state index in [4.69, 9.17) is 4.98 Å². The lowest BCUT2D eigenvalue weighted by Gasteiger charge is -2.17. The van der Waals surface area contributed by atoms with Crippen molar-refractivity contribution in [1.82, 2.24) is 9.55 Å². The molecule has 8 heteroatoms. The molecule has 1 N–H and O–H groups in total. The van der Waals surface area contributed by atoms with Crippen molar-refractivity contribution in [2.45, 2.75) is 37.7 Å². The fraction of sp³-hybridized carbons (Fsp3) is 0.208. The summed E-state index contributed by atoms with van der Waals surface area (Å²) in [4.78, 5) is 32.9. The van der Waals surface area contributed by atoms with Gasteiger partial charge in [0.15, 0.2) is 5.16 Å². The van der Waals surface area contributed by atoms with Gasteiger partial charge in [0, 0.05) is 28.1 Å². The number of rotatable bonds is 7. The first-order valence-corrected chi connectivity index (χ1v) is 12.7. The van der Waals surface area contributed by atoms with Crippen LogP contribution < -0.4 is 10.9 Å². The molecule has 0 aliphatic heterocycles. The van der Waals surface area contributed by atoms with E-state index in [0.717, 1.165) is 27.3 Å². The molecule has 1 aromatic carbocycles. The standard InChI is InChI=1S/C24H23N3O2S3/c1-5-11-27-23(29)19-17(18-10-7-12-30-18)13-31-22(19)26-24(27)32-16(4)21(28)25-20-14(2)8-6-9-15(20)3/h5-10,12-13,16H,1,11H2,2-4H3,(H,25,28). The van der Waals surface area contributed by atoms with Gasteiger partial charge in [-0.25, -0.2) is 4.98 Å². The highest BCUT2D eigenvalue weighted by molar-refractivity contribution is 8.00. The van der Waals surface area contributed by atoms with Gasteiger partial charge in [-0.1, -0.05) is 42.1 Å². The molecular formula is C24H23N3O2S3. The van der Waals surface area contributed by atoms with Crippen LogP contribution in [0.25, 0.3) is 20.7 Å². The Balaban J connectivity index is 1.68. The molecule has 0 saturated heterocycles. The molecule has 1 atom stereocenters. The summed E-state index contributed by atoms with van der Waals surface area (Å²) in [5.41, 5.74) is 3.66. The normalized spacial score (nSPS) is 12.1. The SMILES string of the molecule is C=CCn1c(SC(C)C(=O)Nc2c(C)cccc2C)nc2scc(-c3cccs3)c2c1=O. The molecule has 164 valence electrons. The van der Waals surface area contributed by atoms with Crippen LogP contribution in [0.4, 0.5) is 5.69 Å². The van der Waals surface area contributed by atoms with Crippen molar-refractivity contribution < 1.29 is 4.79 Å². The highest BCUT2D eigenvalue weighted by Gasteiger charge is 2.22. The number of nitrogens with one attached hydrogen (secondary N) is 1. The molecule has 1 amide bonds. The van der Waals surface area contributed by atoms with Crippen LogP contribution in [0.2, 0.25) is 0 Å². The van der Waals surface area contributed by atoms with Crippen molar-refractivity contribution in [1.29, 1.82) is 0 Å². The predicted molar refractivity (Wildman–Crippen MR) is 137 cm³/mol. The number of aromatic nitrogens is 2. The Morgan fingerprint density at radius 1 is 1.25 bits per heavy atom. The van der Waals surface area contributed by atoms with Crippen LogP contribution in [0, 0.1) is 13.8 Å². The maximum Gasteiger partial charge on any atom is 0.263 e. The zero-order chi connectivity index (χ0) is 22.8. The summed E-state index contributed by atoms with van der Waals surface area (Å²) in [6.45, 7) is 9.90. The lowest BCUT2D eigenvalue weighted by Crippen LogP contribution is -2.27. The highest BCUT2D eigenvalue weighted by Crippen LogP contribution is 2.35. The van der Waals surface area contributed by atoms with Crippen molar-refractivity contribution in [2.24, 2.45) is 0 Å². The number of amides is 1. The first kappa shape index (κ1) is 22.5. The summed E-state index contributed by atoms with van der Waals surface area (Å²) in [6, 6.07) is 9.89. The average molecular weight is 482 g/mol. The third kappa shape index (κ3) is 4.30. The van der Waals surface area contributed by atoms with Gasteiger partial charge in [0.1, 0.15) is 4.83 Å². The van der Waals surface area contributed by atoms with Crippen LogP contribution in [0.1, 0.15) is 18.1 Å². The van der Waals surface area contributed by atoms with E-state index >= 15 is 0 Å². The van der Waals surface area contributed by atoms with E-state index in [2.05, 4.69) is 11.9 Å². The van der Waals surface area contributed by atoms with Crippen LogP contribution >= 0.6 is 34.4 Å². The largest absolute Gasteiger partial charge is 0.325 e. The van der Waals surface area contributed by atoms with E-state index in [0.29, 0.717) is 21.9 Å².